The Balaban J connectivity index is 2.06. The molecule has 0 unspecified atom stereocenters. The summed E-state index contributed by atoms with van der Waals surface area (Å²) in [6, 6.07) is 6.77. The first-order valence-corrected chi connectivity index (χ1v) is 8.14. The minimum absolute atomic E-state index is 1.25. The summed E-state index contributed by atoms with van der Waals surface area (Å²) in [5.41, 5.74) is 1.56. The first-order chi connectivity index (χ1) is 8.31. The van der Waals surface area contributed by atoms with Gasteiger partial charge >= 0.3 is 0 Å². The average molecular weight is 264 g/mol. The minimum Gasteiger partial charge on any atom is -0.143 e. The van der Waals surface area contributed by atoms with Gasteiger partial charge in [0.25, 0.3) is 0 Å². The molecule has 0 amide bonds. The summed E-state index contributed by atoms with van der Waals surface area (Å²) in [5.74, 6) is 0. The minimum atomic E-state index is 1.25. The van der Waals surface area contributed by atoms with Crippen LogP contribution in [0.15, 0.2) is 23.6 Å². The molecule has 0 saturated carbocycles. The maximum Gasteiger partial charge on any atom is 0.0477 e. The molecule has 2 aromatic rings. The highest BCUT2D eigenvalue weighted by Crippen LogP contribution is 2.36. The van der Waals surface area contributed by atoms with E-state index >= 15 is 0 Å². The molecule has 0 saturated heterocycles. The van der Waals surface area contributed by atoms with Crippen molar-refractivity contribution < 1.29 is 0 Å². The van der Waals surface area contributed by atoms with Gasteiger partial charge < -0.3 is 0 Å². The Kier molecular flexibility index (Phi) is 4.81. The summed E-state index contributed by atoms with van der Waals surface area (Å²) in [7, 11) is 0. The molecule has 0 aromatic carbocycles. The Labute approximate surface area is 112 Å². The zero-order valence-electron chi connectivity index (χ0n) is 10.7. The third kappa shape index (κ3) is 3.43. The van der Waals surface area contributed by atoms with Gasteiger partial charge in [-0.2, -0.15) is 0 Å². The number of hydrogen-bond donors (Lipinski definition) is 0. The Morgan fingerprint density at radius 3 is 2.76 bits per heavy atom. The van der Waals surface area contributed by atoms with Gasteiger partial charge in [-0.05, 0) is 42.8 Å². The highest BCUT2D eigenvalue weighted by atomic mass is 32.1. The third-order valence-electron chi connectivity index (χ3n) is 2.98. The Morgan fingerprint density at radius 1 is 1.18 bits per heavy atom. The Hall–Kier alpha value is -0.600. The number of rotatable bonds is 6. The van der Waals surface area contributed by atoms with Crippen LogP contribution in [0, 0.1) is 6.92 Å². The van der Waals surface area contributed by atoms with Crippen molar-refractivity contribution in [3.8, 4) is 9.75 Å². The molecule has 92 valence electrons. The molecule has 0 nitrogen and oxygen atoms in total. The quantitative estimate of drug-likeness (QED) is 0.569. The fourth-order valence-corrected chi connectivity index (χ4v) is 4.06. The van der Waals surface area contributed by atoms with Gasteiger partial charge in [0.05, 0.1) is 0 Å². The molecule has 0 spiro atoms. The number of thiophene rings is 2. The summed E-state index contributed by atoms with van der Waals surface area (Å²) < 4.78 is 0. The van der Waals surface area contributed by atoms with Crippen LogP contribution in [0.25, 0.3) is 9.75 Å². The van der Waals surface area contributed by atoms with Gasteiger partial charge in [0.2, 0.25) is 0 Å². The van der Waals surface area contributed by atoms with Crippen LogP contribution in [0.5, 0.6) is 0 Å². The molecule has 0 fully saturated rings. The molecule has 2 rings (SSSR count). The van der Waals surface area contributed by atoms with E-state index in [-0.39, 0.29) is 0 Å². The highest BCUT2D eigenvalue weighted by molar-refractivity contribution is 7.21. The summed E-state index contributed by atoms with van der Waals surface area (Å²) in [4.78, 5) is 4.39. The Bertz CT molecular complexity index is 437. The first-order valence-electron chi connectivity index (χ1n) is 6.44. The van der Waals surface area contributed by atoms with E-state index in [9.17, 15) is 0 Å². The van der Waals surface area contributed by atoms with E-state index in [0.717, 1.165) is 0 Å². The highest BCUT2D eigenvalue weighted by Gasteiger charge is 2.09. The average Bonchev–Trinajstić information content (AvgIpc) is 2.93. The summed E-state index contributed by atoms with van der Waals surface area (Å²) in [6.07, 6.45) is 6.65. The zero-order valence-corrected chi connectivity index (χ0v) is 12.3. The standard InChI is InChI=1S/C15H20S2/c1-3-4-5-6-8-13-11-12(2)17-15(13)14-9-7-10-16-14/h7,9-11H,3-6,8H2,1-2H3. The van der Waals surface area contributed by atoms with E-state index in [1.165, 1.54) is 46.7 Å². The van der Waals surface area contributed by atoms with Crippen LogP contribution >= 0.6 is 22.7 Å². The SMILES string of the molecule is CCCCCCc1cc(C)sc1-c1cccs1. The lowest BCUT2D eigenvalue weighted by atomic mass is 10.1. The maximum absolute atomic E-state index is 2.38. The van der Waals surface area contributed by atoms with E-state index in [4.69, 9.17) is 0 Å². The van der Waals surface area contributed by atoms with Gasteiger partial charge in [0.1, 0.15) is 0 Å². The molecule has 0 aliphatic heterocycles. The van der Waals surface area contributed by atoms with E-state index < -0.39 is 0 Å². The van der Waals surface area contributed by atoms with Gasteiger partial charge in [0.15, 0.2) is 0 Å². The predicted molar refractivity (Wildman–Crippen MR) is 80.2 cm³/mol. The van der Waals surface area contributed by atoms with E-state index in [1.807, 2.05) is 22.7 Å². The normalized spacial score (nSPS) is 10.9. The van der Waals surface area contributed by atoms with Crippen molar-refractivity contribution in [1.82, 2.24) is 0 Å². The second-order valence-corrected chi connectivity index (χ2v) is 6.70. The molecule has 2 aromatic heterocycles. The first kappa shape index (κ1) is 12.8. The van der Waals surface area contributed by atoms with Gasteiger partial charge in [-0.25, -0.2) is 0 Å². The maximum atomic E-state index is 2.38. The lowest BCUT2D eigenvalue weighted by Crippen LogP contribution is -1.85. The largest absolute Gasteiger partial charge is 0.143 e. The molecular weight excluding hydrogens is 244 g/mol. The van der Waals surface area contributed by atoms with Crippen molar-refractivity contribution in [3.63, 3.8) is 0 Å². The topological polar surface area (TPSA) is 0 Å². The van der Waals surface area contributed by atoms with Crippen LogP contribution < -0.4 is 0 Å². The molecule has 2 heteroatoms. The lowest BCUT2D eigenvalue weighted by molar-refractivity contribution is 0.668. The van der Waals surface area contributed by atoms with Crippen molar-refractivity contribution in [2.75, 3.05) is 0 Å². The van der Waals surface area contributed by atoms with Crippen LogP contribution in [0.4, 0.5) is 0 Å². The predicted octanol–water partition coefficient (Wildman–Crippen LogP) is 5.91. The summed E-state index contributed by atoms with van der Waals surface area (Å²) >= 11 is 3.80. The van der Waals surface area contributed by atoms with Crippen LogP contribution in [0.2, 0.25) is 0 Å². The van der Waals surface area contributed by atoms with Crippen LogP contribution in [-0.2, 0) is 6.42 Å². The smallest absolute Gasteiger partial charge is 0.0477 e. The third-order valence-corrected chi connectivity index (χ3v) is 5.12. The van der Waals surface area contributed by atoms with Crippen LogP contribution in [0.3, 0.4) is 0 Å². The number of aryl methyl sites for hydroxylation is 2. The van der Waals surface area contributed by atoms with Crippen molar-refractivity contribution in [2.24, 2.45) is 0 Å². The zero-order chi connectivity index (χ0) is 12.1. The van der Waals surface area contributed by atoms with Gasteiger partial charge in [-0.3, -0.25) is 0 Å². The lowest BCUT2D eigenvalue weighted by Gasteiger charge is -2.01. The van der Waals surface area contributed by atoms with Gasteiger partial charge in [0, 0.05) is 14.6 Å². The molecule has 0 atom stereocenters. The Morgan fingerprint density at radius 2 is 2.06 bits per heavy atom. The molecule has 0 aliphatic carbocycles. The monoisotopic (exact) mass is 264 g/mol. The molecule has 0 bridgehead atoms. The van der Waals surface area contributed by atoms with Crippen LogP contribution in [0.1, 0.15) is 43.0 Å². The van der Waals surface area contributed by atoms with Crippen molar-refractivity contribution >= 4 is 22.7 Å². The summed E-state index contributed by atoms with van der Waals surface area (Å²) in [5, 5.41) is 2.17. The van der Waals surface area contributed by atoms with E-state index in [1.54, 1.807) is 5.56 Å². The fourth-order valence-electron chi connectivity index (χ4n) is 2.11. The number of hydrogen-bond acceptors (Lipinski definition) is 2. The molecule has 0 aliphatic rings. The van der Waals surface area contributed by atoms with Crippen molar-refractivity contribution in [3.05, 3.63) is 34.0 Å². The fraction of sp³-hybridized carbons (Fsp3) is 0.467. The molecule has 17 heavy (non-hydrogen) atoms. The molecule has 0 radical (unpaired) electrons. The second-order valence-electron chi connectivity index (χ2n) is 4.50. The van der Waals surface area contributed by atoms with E-state index in [2.05, 4.69) is 37.4 Å². The van der Waals surface area contributed by atoms with Crippen LogP contribution in [-0.4, -0.2) is 0 Å². The van der Waals surface area contributed by atoms with Crippen molar-refractivity contribution in [2.45, 2.75) is 46.0 Å². The van der Waals surface area contributed by atoms with Gasteiger partial charge in [-0.1, -0.05) is 32.3 Å². The van der Waals surface area contributed by atoms with Gasteiger partial charge in [-0.15, -0.1) is 22.7 Å². The summed E-state index contributed by atoms with van der Waals surface area (Å²) in [6.45, 7) is 4.49. The molecule has 2 heterocycles. The number of unbranched alkanes of at least 4 members (excludes halogenated alkanes) is 3. The second kappa shape index (κ2) is 6.36. The van der Waals surface area contributed by atoms with Crippen molar-refractivity contribution in [1.29, 1.82) is 0 Å². The van der Waals surface area contributed by atoms with E-state index in [0.29, 0.717) is 0 Å². The molecular formula is C15H20S2. The molecule has 0 N–H and O–H groups in total.